The SMILES string of the molecule is Cc1cc(=O)oc2cc(O[C@H](C)C(=O)Nc3nnc(C(C)C)s3)ccc12. The Hall–Kier alpha value is -2.74. The monoisotopic (exact) mass is 373 g/mol. The molecule has 0 saturated carbocycles. The van der Waals surface area contributed by atoms with Crippen molar-refractivity contribution in [2.24, 2.45) is 0 Å². The molecule has 0 bridgehead atoms. The Morgan fingerprint density at radius 1 is 1.23 bits per heavy atom. The molecule has 3 aromatic rings. The van der Waals surface area contributed by atoms with E-state index in [-0.39, 0.29) is 11.8 Å². The Balaban J connectivity index is 1.72. The summed E-state index contributed by atoms with van der Waals surface area (Å²) in [5.74, 6) is 0.360. The minimum absolute atomic E-state index is 0.252. The van der Waals surface area contributed by atoms with Gasteiger partial charge in [0.1, 0.15) is 16.3 Å². The Bertz CT molecular complexity index is 1010. The molecule has 0 aliphatic carbocycles. The summed E-state index contributed by atoms with van der Waals surface area (Å²) in [6.45, 7) is 7.50. The van der Waals surface area contributed by atoms with Crippen LogP contribution in [0, 0.1) is 6.92 Å². The number of carbonyl (C=O) groups is 1. The summed E-state index contributed by atoms with van der Waals surface area (Å²) in [4.78, 5) is 23.8. The molecule has 2 aromatic heterocycles. The fourth-order valence-electron chi connectivity index (χ4n) is 2.36. The summed E-state index contributed by atoms with van der Waals surface area (Å²) in [6.07, 6.45) is -0.754. The van der Waals surface area contributed by atoms with Gasteiger partial charge in [-0.3, -0.25) is 10.1 Å². The smallest absolute Gasteiger partial charge is 0.336 e. The van der Waals surface area contributed by atoms with Gasteiger partial charge >= 0.3 is 5.63 Å². The molecule has 0 unspecified atom stereocenters. The molecular weight excluding hydrogens is 354 g/mol. The second-order valence-electron chi connectivity index (χ2n) is 6.26. The first kappa shape index (κ1) is 18.1. The molecule has 26 heavy (non-hydrogen) atoms. The van der Waals surface area contributed by atoms with Gasteiger partial charge in [-0.05, 0) is 31.5 Å². The molecule has 0 fully saturated rings. The summed E-state index contributed by atoms with van der Waals surface area (Å²) in [5.41, 5.74) is 0.826. The van der Waals surface area contributed by atoms with Crippen LogP contribution in [0.1, 0.15) is 37.3 Å². The van der Waals surface area contributed by atoms with Crippen molar-refractivity contribution in [3.8, 4) is 5.75 Å². The number of ether oxygens (including phenoxy) is 1. The molecule has 0 saturated heterocycles. The summed E-state index contributed by atoms with van der Waals surface area (Å²) in [5, 5.41) is 12.8. The summed E-state index contributed by atoms with van der Waals surface area (Å²) < 4.78 is 10.9. The van der Waals surface area contributed by atoms with Crippen LogP contribution in [-0.2, 0) is 4.79 Å². The van der Waals surface area contributed by atoms with Gasteiger partial charge < -0.3 is 9.15 Å². The standard InChI is InChI=1S/C18H19N3O4S/c1-9(2)17-20-21-18(26-17)19-16(23)11(4)24-12-5-6-13-10(3)7-15(22)25-14(13)8-12/h5-9,11H,1-4H3,(H,19,21,23)/t11-/m1/s1. The number of aryl methyl sites for hydroxylation is 1. The Kier molecular flexibility index (Phi) is 5.03. The molecule has 8 heteroatoms. The van der Waals surface area contributed by atoms with Crippen LogP contribution in [0.2, 0.25) is 0 Å². The molecule has 3 rings (SSSR count). The van der Waals surface area contributed by atoms with Crippen LogP contribution in [0.4, 0.5) is 5.13 Å². The third-order valence-electron chi connectivity index (χ3n) is 3.77. The zero-order chi connectivity index (χ0) is 18.8. The lowest BCUT2D eigenvalue weighted by atomic mass is 10.1. The molecule has 0 aliphatic rings. The van der Waals surface area contributed by atoms with Gasteiger partial charge in [0, 0.05) is 23.4 Å². The van der Waals surface area contributed by atoms with E-state index in [0.29, 0.717) is 16.5 Å². The number of fused-ring (bicyclic) bond motifs is 1. The van der Waals surface area contributed by atoms with Gasteiger partial charge in [0.15, 0.2) is 6.10 Å². The van der Waals surface area contributed by atoms with Gasteiger partial charge in [-0.1, -0.05) is 25.2 Å². The van der Waals surface area contributed by atoms with E-state index >= 15 is 0 Å². The number of anilines is 1. The number of carbonyl (C=O) groups excluding carboxylic acids is 1. The lowest BCUT2D eigenvalue weighted by Crippen LogP contribution is -2.30. The van der Waals surface area contributed by atoms with E-state index < -0.39 is 11.7 Å². The van der Waals surface area contributed by atoms with E-state index in [2.05, 4.69) is 15.5 Å². The molecule has 7 nitrogen and oxygen atoms in total. The molecule has 1 aromatic carbocycles. The molecule has 0 spiro atoms. The Morgan fingerprint density at radius 3 is 2.69 bits per heavy atom. The molecule has 1 atom stereocenters. The van der Waals surface area contributed by atoms with Crippen LogP contribution < -0.4 is 15.7 Å². The third-order valence-corrected chi connectivity index (χ3v) is 4.91. The maximum Gasteiger partial charge on any atom is 0.336 e. The molecule has 0 aliphatic heterocycles. The summed E-state index contributed by atoms with van der Waals surface area (Å²) >= 11 is 1.34. The molecule has 2 heterocycles. The van der Waals surface area contributed by atoms with E-state index in [1.807, 2.05) is 20.8 Å². The molecule has 1 N–H and O–H groups in total. The first-order valence-corrected chi connectivity index (χ1v) is 9.00. The van der Waals surface area contributed by atoms with Gasteiger partial charge in [0.25, 0.3) is 5.91 Å². The number of nitrogens with zero attached hydrogens (tertiary/aromatic N) is 2. The molecule has 0 radical (unpaired) electrons. The molecule has 1 amide bonds. The van der Waals surface area contributed by atoms with Gasteiger partial charge in [0.2, 0.25) is 5.13 Å². The third kappa shape index (κ3) is 3.91. The van der Waals surface area contributed by atoms with E-state index in [0.717, 1.165) is 16.0 Å². The average Bonchev–Trinajstić information content (AvgIpc) is 3.03. The molecule has 136 valence electrons. The maximum absolute atomic E-state index is 12.3. The minimum atomic E-state index is -0.754. The fraction of sp³-hybridized carbons (Fsp3) is 0.333. The largest absolute Gasteiger partial charge is 0.481 e. The van der Waals surface area contributed by atoms with Crippen LogP contribution >= 0.6 is 11.3 Å². The topological polar surface area (TPSA) is 94.3 Å². The zero-order valence-electron chi connectivity index (χ0n) is 14.9. The van der Waals surface area contributed by atoms with Crippen molar-refractivity contribution < 1.29 is 13.9 Å². The van der Waals surface area contributed by atoms with E-state index in [4.69, 9.17) is 9.15 Å². The van der Waals surface area contributed by atoms with Gasteiger partial charge in [-0.15, -0.1) is 10.2 Å². The number of amides is 1. The lowest BCUT2D eigenvalue weighted by Gasteiger charge is -2.14. The first-order chi connectivity index (χ1) is 12.3. The van der Waals surface area contributed by atoms with Gasteiger partial charge in [-0.2, -0.15) is 0 Å². The zero-order valence-corrected chi connectivity index (χ0v) is 15.7. The highest BCUT2D eigenvalue weighted by molar-refractivity contribution is 7.15. The number of nitrogens with one attached hydrogen (secondary N) is 1. The van der Waals surface area contributed by atoms with Crippen molar-refractivity contribution in [3.05, 3.63) is 45.3 Å². The average molecular weight is 373 g/mol. The quantitative estimate of drug-likeness (QED) is 0.688. The minimum Gasteiger partial charge on any atom is -0.481 e. The number of hydrogen-bond donors (Lipinski definition) is 1. The van der Waals surface area contributed by atoms with Crippen LogP contribution in [0.25, 0.3) is 11.0 Å². The highest BCUT2D eigenvalue weighted by atomic mass is 32.1. The number of benzene rings is 1. The van der Waals surface area contributed by atoms with Crippen LogP contribution in [0.15, 0.2) is 33.5 Å². The number of rotatable bonds is 5. The number of aromatic nitrogens is 2. The van der Waals surface area contributed by atoms with Crippen LogP contribution in [-0.4, -0.2) is 22.2 Å². The second-order valence-corrected chi connectivity index (χ2v) is 7.26. The van der Waals surface area contributed by atoms with Gasteiger partial charge in [-0.25, -0.2) is 4.79 Å². The second kappa shape index (κ2) is 7.25. The van der Waals surface area contributed by atoms with Crippen molar-refractivity contribution in [2.45, 2.75) is 39.7 Å². The highest BCUT2D eigenvalue weighted by Gasteiger charge is 2.18. The number of hydrogen-bond acceptors (Lipinski definition) is 7. The molecular formula is C18H19N3O4S. The van der Waals surface area contributed by atoms with Crippen molar-refractivity contribution >= 4 is 33.3 Å². The van der Waals surface area contributed by atoms with Crippen LogP contribution in [0.3, 0.4) is 0 Å². The highest BCUT2D eigenvalue weighted by Crippen LogP contribution is 2.24. The van der Waals surface area contributed by atoms with Crippen molar-refractivity contribution in [1.82, 2.24) is 10.2 Å². The Morgan fingerprint density at radius 2 is 2.00 bits per heavy atom. The van der Waals surface area contributed by atoms with E-state index in [1.165, 1.54) is 17.4 Å². The van der Waals surface area contributed by atoms with Crippen LogP contribution in [0.5, 0.6) is 5.75 Å². The van der Waals surface area contributed by atoms with Gasteiger partial charge in [0.05, 0.1) is 0 Å². The lowest BCUT2D eigenvalue weighted by molar-refractivity contribution is -0.122. The van der Waals surface area contributed by atoms with Crippen molar-refractivity contribution in [1.29, 1.82) is 0 Å². The summed E-state index contributed by atoms with van der Waals surface area (Å²) in [7, 11) is 0. The first-order valence-electron chi connectivity index (χ1n) is 8.19. The fourth-order valence-corrected chi connectivity index (χ4v) is 3.11. The van der Waals surface area contributed by atoms with Crippen molar-refractivity contribution in [2.75, 3.05) is 5.32 Å². The van der Waals surface area contributed by atoms with Crippen molar-refractivity contribution in [3.63, 3.8) is 0 Å². The normalized spacial score (nSPS) is 12.3. The Labute approximate surface area is 154 Å². The predicted octanol–water partition coefficient (Wildman–Crippen LogP) is 3.48. The van der Waals surface area contributed by atoms with E-state index in [9.17, 15) is 9.59 Å². The summed E-state index contributed by atoms with van der Waals surface area (Å²) in [6, 6.07) is 6.58. The predicted molar refractivity (Wildman–Crippen MR) is 99.9 cm³/mol. The van der Waals surface area contributed by atoms with E-state index in [1.54, 1.807) is 25.1 Å². The maximum atomic E-state index is 12.3.